The Kier molecular flexibility index (Phi) is 11.0. The molecule has 1 aliphatic carbocycles. The number of nitrogens with zero attached hydrogens (tertiary/aromatic N) is 6. The van der Waals surface area contributed by atoms with Gasteiger partial charge in [-0.2, -0.15) is 0 Å². The molecule has 0 unspecified atom stereocenters. The van der Waals surface area contributed by atoms with Gasteiger partial charge in [-0.15, -0.1) is 0 Å². The standard InChI is InChI=1S/C43H53ClN8O5/c1-26-29(8-6-10-31(26)47-40(53)38-45-34-25-52(21-15-36(34)49(38)3)28-16-22-57-23-17-28)30-9-7-11-32(37(30)44)48-41(54)39-46-33-24-51(20-14-35(33)50(39)4)27-12-18-43(2,19-13-27)42(55)56-5/h6-11,27-28H,12-25H2,1-5H3,(H,47,53)(H,48,54). The summed E-state index contributed by atoms with van der Waals surface area (Å²) in [5.74, 6) is -0.00789. The molecule has 2 fully saturated rings. The van der Waals surface area contributed by atoms with E-state index in [1.165, 1.54) is 7.11 Å². The largest absolute Gasteiger partial charge is 0.469 e. The Bertz CT molecular complexity index is 2200. The molecule has 1 saturated carbocycles. The fraction of sp³-hybridized carbons (Fsp3) is 0.512. The third-order valence-electron chi connectivity index (χ3n) is 13.1. The lowest BCUT2D eigenvalue weighted by molar-refractivity contribution is -0.154. The average Bonchev–Trinajstić information content (AvgIpc) is 3.74. The first-order valence-electron chi connectivity index (χ1n) is 20.2. The van der Waals surface area contributed by atoms with Gasteiger partial charge < -0.3 is 29.2 Å². The Labute approximate surface area is 339 Å². The Morgan fingerprint density at radius 2 is 1.30 bits per heavy atom. The van der Waals surface area contributed by atoms with E-state index in [9.17, 15) is 14.4 Å². The monoisotopic (exact) mass is 796 g/mol. The highest BCUT2D eigenvalue weighted by Gasteiger charge is 2.41. The minimum absolute atomic E-state index is 0.127. The summed E-state index contributed by atoms with van der Waals surface area (Å²) in [6.07, 6.45) is 7.13. The van der Waals surface area contributed by atoms with E-state index in [2.05, 4.69) is 20.4 Å². The summed E-state index contributed by atoms with van der Waals surface area (Å²) in [6, 6.07) is 12.1. The number of nitrogens with one attached hydrogen (secondary N) is 2. The number of rotatable bonds is 8. The molecule has 302 valence electrons. The lowest BCUT2D eigenvalue weighted by Crippen LogP contribution is -2.45. The summed E-state index contributed by atoms with van der Waals surface area (Å²) in [6.45, 7) is 8.77. The third kappa shape index (κ3) is 7.50. The second kappa shape index (κ2) is 16.0. The second-order valence-electron chi connectivity index (χ2n) is 16.4. The van der Waals surface area contributed by atoms with Crippen LogP contribution < -0.4 is 10.6 Å². The number of esters is 1. The maximum absolute atomic E-state index is 13.8. The van der Waals surface area contributed by atoms with Crippen molar-refractivity contribution in [2.75, 3.05) is 44.0 Å². The average molecular weight is 797 g/mol. The van der Waals surface area contributed by atoms with Gasteiger partial charge in [-0.3, -0.25) is 24.2 Å². The number of hydrogen-bond acceptors (Lipinski definition) is 9. The van der Waals surface area contributed by atoms with E-state index in [0.717, 1.165) is 124 Å². The zero-order chi connectivity index (χ0) is 40.0. The van der Waals surface area contributed by atoms with Crippen molar-refractivity contribution in [1.29, 1.82) is 0 Å². The summed E-state index contributed by atoms with van der Waals surface area (Å²) >= 11 is 7.05. The summed E-state index contributed by atoms with van der Waals surface area (Å²) in [5, 5.41) is 6.53. The summed E-state index contributed by atoms with van der Waals surface area (Å²) in [5.41, 5.74) is 7.16. The van der Waals surface area contributed by atoms with Gasteiger partial charge in [-0.05, 0) is 75.6 Å². The van der Waals surface area contributed by atoms with Gasteiger partial charge in [0.1, 0.15) is 0 Å². The quantitative estimate of drug-likeness (QED) is 0.197. The molecule has 0 radical (unpaired) electrons. The molecule has 2 N–H and O–H groups in total. The minimum Gasteiger partial charge on any atom is -0.469 e. The van der Waals surface area contributed by atoms with Crippen LogP contribution in [0.25, 0.3) is 11.1 Å². The van der Waals surface area contributed by atoms with Crippen molar-refractivity contribution in [3.8, 4) is 11.1 Å². The van der Waals surface area contributed by atoms with Gasteiger partial charge >= 0.3 is 5.97 Å². The van der Waals surface area contributed by atoms with Crippen molar-refractivity contribution < 1.29 is 23.9 Å². The van der Waals surface area contributed by atoms with Gasteiger partial charge in [0.2, 0.25) is 0 Å². The topological polar surface area (TPSA) is 136 Å². The molecule has 13 nitrogen and oxygen atoms in total. The fourth-order valence-electron chi connectivity index (χ4n) is 9.49. The molecule has 0 bridgehead atoms. The first kappa shape index (κ1) is 39.3. The van der Waals surface area contributed by atoms with Gasteiger partial charge in [-0.25, -0.2) is 9.97 Å². The molecule has 2 amide bonds. The van der Waals surface area contributed by atoms with Crippen LogP contribution in [-0.2, 0) is 54.3 Å². The second-order valence-corrected chi connectivity index (χ2v) is 16.8. The number of imidazole rings is 2. The van der Waals surface area contributed by atoms with E-state index in [0.29, 0.717) is 46.7 Å². The third-order valence-corrected chi connectivity index (χ3v) is 13.5. The van der Waals surface area contributed by atoms with Crippen LogP contribution in [-0.4, -0.2) is 92.2 Å². The Morgan fingerprint density at radius 3 is 1.86 bits per heavy atom. The Balaban J connectivity index is 0.945. The predicted molar refractivity (Wildman–Crippen MR) is 218 cm³/mol. The van der Waals surface area contributed by atoms with E-state index in [4.69, 9.17) is 31.0 Å². The summed E-state index contributed by atoms with van der Waals surface area (Å²) in [4.78, 5) is 54.5. The van der Waals surface area contributed by atoms with Gasteiger partial charge in [0, 0.05) is 101 Å². The molecule has 5 heterocycles. The SMILES string of the molecule is COC(=O)C1(C)CCC(N2CCc3c(nc(C(=O)Nc4cccc(-c5cccc(NC(=O)c6nc7c(n6C)CCN(C6CCOCC6)C7)c5C)c4Cl)n3C)C2)CC1. The number of carbonyl (C=O) groups is 3. The van der Waals surface area contributed by atoms with Crippen LogP contribution in [0.2, 0.25) is 5.02 Å². The number of aromatic nitrogens is 4. The van der Waals surface area contributed by atoms with Crippen molar-refractivity contribution in [2.45, 2.75) is 90.4 Å². The normalized spacial score (nSPS) is 21.8. The Hall–Kier alpha value is -4.56. The number of ether oxygens (including phenoxy) is 2. The maximum atomic E-state index is 13.8. The zero-order valence-corrected chi connectivity index (χ0v) is 34.4. The van der Waals surface area contributed by atoms with Gasteiger partial charge in [0.15, 0.2) is 11.6 Å². The van der Waals surface area contributed by atoms with Crippen molar-refractivity contribution in [3.05, 3.63) is 81.4 Å². The van der Waals surface area contributed by atoms with Crippen molar-refractivity contribution in [1.82, 2.24) is 28.9 Å². The van der Waals surface area contributed by atoms with E-state index in [1.807, 2.05) is 67.4 Å². The van der Waals surface area contributed by atoms with Crippen LogP contribution in [0.4, 0.5) is 11.4 Å². The van der Waals surface area contributed by atoms with Gasteiger partial charge in [-0.1, -0.05) is 35.9 Å². The molecule has 1 saturated heterocycles. The molecule has 2 aromatic carbocycles. The molecule has 57 heavy (non-hydrogen) atoms. The summed E-state index contributed by atoms with van der Waals surface area (Å²) in [7, 11) is 5.27. The predicted octanol–water partition coefficient (Wildman–Crippen LogP) is 6.30. The molecule has 4 aromatic rings. The summed E-state index contributed by atoms with van der Waals surface area (Å²) < 4.78 is 14.5. The number of anilines is 2. The number of halogens is 1. The number of amides is 2. The van der Waals surface area contributed by atoms with Crippen molar-refractivity contribution >= 4 is 40.8 Å². The lowest BCUT2D eigenvalue weighted by atomic mass is 9.73. The van der Waals surface area contributed by atoms with Crippen LogP contribution in [0.5, 0.6) is 0 Å². The highest BCUT2D eigenvalue weighted by atomic mass is 35.5. The van der Waals surface area contributed by atoms with Crippen LogP contribution in [0.1, 0.15) is 95.0 Å². The highest BCUT2D eigenvalue weighted by Crippen LogP contribution is 2.40. The molecule has 4 aliphatic rings. The molecule has 0 spiro atoms. The smallest absolute Gasteiger partial charge is 0.311 e. The molecule has 0 atom stereocenters. The zero-order valence-electron chi connectivity index (χ0n) is 33.6. The van der Waals surface area contributed by atoms with Crippen LogP contribution in [0.3, 0.4) is 0 Å². The lowest BCUT2D eigenvalue weighted by Gasteiger charge is -2.41. The van der Waals surface area contributed by atoms with Crippen LogP contribution >= 0.6 is 11.6 Å². The number of carbonyl (C=O) groups excluding carboxylic acids is 3. The molecule has 2 aromatic heterocycles. The molecule has 8 rings (SSSR count). The van der Waals surface area contributed by atoms with Gasteiger partial charge in [0.05, 0.1) is 34.6 Å². The maximum Gasteiger partial charge on any atom is 0.311 e. The highest BCUT2D eigenvalue weighted by molar-refractivity contribution is 6.36. The van der Waals surface area contributed by atoms with Crippen molar-refractivity contribution in [3.63, 3.8) is 0 Å². The minimum atomic E-state index is -0.424. The first-order chi connectivity index (χ1) is 27.5. The first-order valence-corrected chi connectivity index (χ1v) is 20.6. The number of fused-ring (bicyclic) bond motifs is 2. The molecule has 3 aliphatic heterocycles. The number of benzene rings is 2. The fourth-order valence-corrected chi connectivity index (χ4v) is 9.76. The van der Waals surface area contributed by atoms with E-state index >= 15 is 0 Å². The number of methoxy groups -OCH3 is 1. The number of hydrogen-bond donors (Lipinski definition) is 2. The van der Waals surface area contributed by atoms with Crippen molar-refractivity contribution in [2.24, 2.45) is 19.5 Å². The van der Waals surface area contributed by atoms with E-state index < -0.39 is 5.41 Å². The molecular weight excluding hydrogens is 744 g/mol. The van der Waals surface area contributed by atoms with E-state index in [1.54, 1.807) is 6.07 Å². The van der Waals surface area contributed by atoms with Crippen LogP contribution in [0, 0.1) is 12.3 Å². The Morgan fingerprint density at radius 1 is 0.789 bits per heavy atom. The van der Waals surface area contributed by atoms with Crippen LogP contribution in [0.15, 0.2) is 36.4 Å². The van der Waals surface area contributed by atoms with E-state index in [-0.39, 0.29) is 17.8 Å². The molecule has 14 heteroatoms. The van der Waals surface area contributed by atoms with Gasteiger partial charge in [0.25, 0.3) is 11.8 Å². The molecular formula is C43H53ClN8O5.